The van der Waals surface area contributed by atoms with E-state index in [0.717, 1.165) is 33.4 Å². The highest BCUT2D eigenvalue weighted by Crippen LogP contribution is 2.64. The van der Waals surface area contributed by atoms with Crippen LogP contribution < -0.4 is 21.3 Å². The minimum atomic E-state index is -1.30. The molecule has 10 nitrogen and oxygen atoms in total. The summed E-state index contributed by atoms with van der Waals surface area (Å²) in [5.41, 5.74) is 4.60. The number of carboxylic acid groups (broad SMARTS) is 2. The highest BCUT2D eigenvalue weighted by molar-refractivity contribution is 8.02. The number of thioether (sulfide) groups is 2. The summed E-state index contributed by atoms with van der Waals surface area (Å²) in [6, 6.07) is 58.4. The van der Waals surface area contributed by atoms with Crippen molar-refractivity contribution in [2.75, 3.05) is 18.8 Å². The van der Waals surface area contributed by atoms with E-state index in [2.05, 4.69) is 136 Å². The van der Waals surface area contributed by atoms with Crippen LogP contribution >= 0.6 is 23.5 Å². The van der Waals surface area contributed by atoms with Gasteiger partial charge in [-0.1, -0.05) is 236 Å². The third-order valence-electron chi connectivity index (χ3n) is 13.0. The molecule has 0 aliphatic heterocycles. The molecule has 12 heteroatoms. The van der Waals surface area contributed by atoms with Gasteiger partial charge in [-0.25, -0.2) is 9.59 Å². The zero-order valence-corrected chi connectivity index (χ0v) is 43.6. The van der Waals surface area contributed by atoms with Crippen molar-refractivity contribution >= 4 is 47.5 Å². The SMILES string of the molecule is CC(C)(C)C(SC(c1ccccc1)(c1ccccc1)c1ccccc1)([C@H](NC(=O)O)C(=O)NCCC=CCCNC(=O)[C@H](CSC(c1ccccc1)(c1ccccc1)c1ccccc1)NC(=O)O)C(C)(C)C. The molecule has 6 aromatic carbocycles. The first-order valence-corrected chi connectivity index (χ1v) is 26.1. The normalized spacial score (nSPS) is 13.1. The Bertz CT molecular complexity index is 2490. The molecule has 0 fully saturated rings. The van der Waals surface area contributed by atoms with E-state index in [1.807, 2.05) is 121 Å². The molecule has 0 saturated heterocycles. The van der Waals surface area contributed by atoms with E-state index in [-0.39, 0.29) is 18.8 Å². The van der Waals surface area contributed by atoms with Crippen molar-refractivity contribution < 1.29 is 29.4 Å². The number of rotatable bonds is 22. The molecule has 0 aliphatic carbocycles. The quantitative estimate of drug-likeness (QED) is 0.0223. The summed E-state index contributed by atoms with van der Waals surface area (Å²) < 4.78 is -2.74. The van der Waals surface area contributed by atoms with Crippen LogP contribution in [0.2, 0.25) is 0 Å². The Morgan fingerprint density at radius 3 is 1.07 bits per heavy atom. The first kappa shape index (κ1) is 54.6. The van der Waals surface area contributed by atoms with Gasteiger partial charge < -0.3 is 31.5 Å². The lowest BCUT2D eigenvalue weighted by atomic mass is 9.62. The maximum Gasteiger partial charge on any atom is 0.405 e. The van der Waals surface area contributed by atoms with Crippen molar-refractivity contribution in [1.82, 2.24) is 21.3 Å². The van der Waals surface area contributed by atoms with E-state index in [1.54, 1.807) is 11.8 Å². The lowest BCUT2D eigenvalue weighted by Gasteiger charge is -2.59. The molecule has 0 spiro atoms. The van der Waals surface area contributed by atoms with Crippen LogP contribution in [0.4, 0.5) is 9.59 Å². The summed E-state index contributed by atoms with van der Waals surface area (Å²) >= 11 is 3.12. The number of amides is 4. The molecule has 6 rings (SSSR count). The molecule has 0 aromatic heterocycles. The van der Waals surface area contributed by atoms with Crippen LogP contribution in [0.1, 0.15) is 87.8 Å². The first-order valence-electron chi connectivity index (χ1n) is 24.3. The third kappa shape index (κ3) is 12.5. The minimum Gasteiger partial charge on any atom is -0.465 e. The second kappa shape index (κ2) is 24.6. The summed E-state index contributed by atoms with van der Waals surface area (Å²) in [5, 5.41) is 31.6. The molecule has 4 amide bonds. The van der Waals surface area contributed by atoms with Gasteiger partial charge in [0.25, 0.3) is 0 Å². The molecule has 6 N–H and O–H groups in total. The van der Waals surface area contributed by atoms with Gasteiger partial charge in [-0.3, -0.25) is 9.59 Å². The van der Waals surface area contributed by atoms with Gasteiger partial charge in [0.2, 0.25) is 11.8 Å². The minimum absolute atomic E-state index is 0.139. The van der Waals surface area contributed by atoms with E-state index in [9.17, 15) is 29.4 Å². The zero-order valence-electron chi connectivity index (χ0n) is 42.0. The standard InChI is InChI=1S/C60H68N4O6S2/c1-56(2,3)60(57(4,5)6,72-59(47-35-21-12-22-36-47,48-37-23-13-24-38-48)49-39-25-14-26-40-49)51(64-55(69)70)53(66)62-42-28-8-7-27-41-61-52(65)50(63-54(67)68)43-71-58(44-29-15-9-16-30-44,45-31-17-10-18-32-45)46-33-19-11-20-34-46/h7-26,29-40,50-51,63-64H,27-28,41-43H2,1-6H3,(H,61,65)(H,62,66)(H,67,68)(H,69,70)/t50-,51+/m0/s1. The molecule has 0 radical (unpaired) electrons. The van der Waals surface area contributed by atoms with Crippen LogP contribution in [0, 0.1) is 10.8 Å². The molecule has 0 aliphatic rings. The van der Waals surface area contributed by atoms with Crippen LogP contribution in [0.15, 0.2) is 194 Å². The average molecular weight is 1010 g/mol. The van der Waals surface area contributed by atoms with Gasteiger partial charge in [0.15, 0.2) is 0 Å². The summed E-state index contributed by atoms with van der Waals surface area (Å²) in [5.74, 6) is -0.746. The topological polar surface area (TPSA) is 157 Å². The van der Waals surface area contributed by atoms with Gasteiger partial charge in [-0.2, -0.15) is 0 Å². The van der Waals surface area contributed by atoms with Crippen molar-refractivity contribution in [1.29, 1.82) is 0 Å². The Morgan fingerprint density at radius 1 is 0.458 bits per heavy atom. The van der Waals surface area contributed by atoms with Crippen molar-refractivity contribution in [3.63, 3.8) is 0 Å². The van der Waals surface area contributed by atoms with Gasteiger partial charge in [0.1, 0.15) is 12.1 Å². The average Bonchev–Trinajstić information content (AvgIpc) is 3.37. The molecule has 0 unspecified atom stereocenters. The lowest BCUT2D eigenvalue weighted by molar-refractivity contribution is -0.126. The Kier molecular flexibility index (Phi) is 18.6. The number of carbonyl (C=O) groups excluding carboxylic acids is 2. The second-order valence-electron chi connectivity index (χ2n) is 19.7. The van der Waals surface area contributed by atoms with Gasteiger partial charge in [0.05, 0.1) is 14.2 Å². The molecule has 0 saturated carbocycles. The molecular weight excluding hydrogens is 937 g/mol. The predicted octanol–water partition coefficient (Wildman–Crippen LogP) is 12.1. The van der Waals surface area contributed by atoms with E-state index >= 15 is 0 Å². The lowest BCUT2D eigenvalue weighted by Crippen LogP contribution is -2.69. The Balaban J connectivity index is 1.18. The number of hydrogen-bond acceptors (Lipinski definition) is 6. The second-order valence-corrected chi connectivity index (χ2v) is 22.4. The van der Waals surface area contributed by atoms with Gasteiger partial charge in [-0.05, 0) is 57.1 Å². The molecular formula is C60H68N4O6S2. The Labute approximate surface area is 433 Å². The third-order valence-corrected chi connectivity index (χ3v) is 17.5. The van der Waals surface area contributed by atoms with E-state index in [4.69, 9.17) is 0 Å². The van der Waals surface area contributed by atoms with Gasteiger partial charge >= 0.3 is 12.2 Å². The maximum atomic E-state index is 14.9. The number of benzene rings is 6. The maximum absolute atomic E-state index is 14.9. The molecule has 2 atom stereocenters. The van der Waals surface area contributed by atoms with Gasteiger partial charge in [0, 0.05) is 18.8 Å². The fourth-order valence-corrected chi connectivity index (χ4v) is 13.8. The summed E-state index contributed by atoms with van der Waals surface area (Å²) in [4.78, 5) is 53.6. The predicted molar refractivity (Wildman–Crippen MR) is 294 cm³/mol. The fraction of sp³-hybridized carbons (Fsp3) is 0.300. The number of nitrogens with one attached hydrogen (secondary N) is 4. The van der Waals surface area contributed by atoms with Gasteiger partial charge in [-0.15, -0.1) is 23.5 Å². The summed E-state index contributed by atoms with van der Waals surface area (Å²) in [7, 11) is 0. The van der Waals surface area contributed by atoms with Crippen molar-refractivity contribution in [2.24, 2.45) is 10.8 Å². The van der Waals surface area contributed by atoms with E-state index in [1.165, 1.54) is 11.8 Å². The molecule has 0 heterocycles. The smallest absolute Gasteiger partial charge is 0.405 e. The first-order chi connectivity index (χ1) is 34.5. The van der Waals surface area contributed by atoms with Crippen LogP contribution in [-0.4, -0.2) is 69.9 Å². The molecule has 72 heavy (non-hydrogen) atoms. The van der Waals surface area contributed by atoms with E-state index < -0.39 is 61.2 Å². The van der Waals surface area contributed by atoms with E-state index in [0.29, 0.717) is 12.8 Å². The Morgan fingerprint density at radius 2 is 0.764 bits per heavy atom. The highest BCUT2D eigenvalue weighted by Gasteiger charge is 2.63. The zero-order chi connectivity index (χ0) is 51.8. The van der Waals surface area contributed by atoms with Crippen LogP contribution in [0.3, 0.4) is 0 Å². The van der Waals surface area contributed by atoms with Crippen LogP contribution in [0.5, 0.6) is 0 Å². The van der Waals surface area contributed by atoms with Crippen molar-refractivity contribution in [3.8, 4) is 0 Å². The monoisotopic (exact) mass is 1000 g/mol. The number of hydrogen-bond donors (Lipinski definition) is 6. The number of carbonyl (C=O) groups is 4. The van der Waals surface area contributed by atoms with Crippen molar-refractivity contribution in [3.05, 3.63) is 228 Å². The highest BCUT2D eigenvalue weighted by atomic mass is 32.2. The van der Waals surface area contributed by atoms with Crippen LogP contribution in [0.25, 0.3) is 0 Å². The molecule has 376 valence electrons. The fourth-order valence-electron chi connectivity index (χ4n) is 10.1. The molecule has 0 bridgehead atoms. The summed E-state index contributed by atoms with van der Waals surface area (Å²) in [6.07, 6.45) is 2.09. The molecule has 6 aromatic rings. The largest absolute Gasteiger partial charge is 0.465 e. The Hall–Kier alpha value is -6.76. The van der Waals surface area contributed by atoms with Crippen molar-refractivity contribution in [2.45, 2.75) is 80.7 Å². The van der Waals surface area contributed by atoms with Crippen LogP contribution in [-0.2, 0) is 19.1 Å². The summed E-state index contributed by atoms with van der Waals surface area (Å²) in [6.45, 7) is 12.9.